The van der Waals surface area contributed by atoms with Crippen molar-refractivity contribution in [3.05, 3.63) is 40.4 Å². The fourth-order valence-corrected chi connectivity index (χ4v) is 2.14. The number of hydrogen-bond acceptors (Lipinski definition) is 3. The molecule has 0 atom stereocenters. The molecule has 2 rings (SSSR count). The van der Waals surface area contributed by atoms with Crippen molar-refractivity contribution in [3.8, 4) is 0 Å². The summed E-state index contributed by atoms with van der Waals surface area (Å²) in [6.07, 6.45) is 1.34. The van der Waals surface area contributed by atoms with Crippen LogP contribution in [0.5, 0.6) is 0 Å². The zero-order chi connectivity index (χ0) is 14.5. The van der Waals surface area contributed by atoms with Gasteiger partial charge in [-0.15, -0.1) is 0 Å². The molecule has 5 nitrogen and oxygen atoms in total. The molecular formula is C15H19N3O2. The number of nitrogens with one attached hydrogen (secondary N) is 1. The first-order valence-corrected chi connectivity index (χ1v) is 6.91. The van der Waals surface area contributed by atoms with Crippen molar-refractivity contribution in [3.63, 3.8) is 0 Å². The average Bonchev–Trinajstić information content (AvgIpc) is 2.45. The Morgan fingerprint density at radius 2 is 2.05 bits per heavy atom. The van der Waals surface area contributed by atoms with E-state index in [-0.39, 0.29) is 11.5 Å². The summed E-state index contributed by atoms with van der Waals surface area (Å²) in [5.74, 6) is 0.616. The Bertz CT molecular complexity index is 663. The van der Waals surface area contributed by atoms with Gasteiger partial charge in [0.2, 0.25) is 5.91 Å². The number of amides is 1. The predicted octanol–water partition coefficient (Wildman–Crippen LogP) is 2.07. The van der Waals surface area contributed by atoms with Crippen molar-refractivity contribution in [1.82, 2.24) is 14.9 Å². The smallest absolute Gasteiger partial charge is 0.258 e. The second-order valence-electron chi connectivity index (χ2n) is 4.69. The minimum absolute atomic E-state index is 0.0887. The highest BCUT2D eigenvalue weighted by Crippen LogP contribution is 2.08. The third-order valence-corrected chi connectivity index (χ3v) is 3.20. The number of carbonyl (C=O) groups is 1. The number of hydrogen-bond donors (Lipinski definition) is 1. The van der Waals surface area contributed by atoms with Gasteiger partial charge in [0, 0.05) is 13.0 Å². The molecule has 1 heterocycles. The minimum Gasteiger partial charge on any atom is -0.336 e. The summed E-state index contributed by atoms with van der Waals surface area (Å²) in [4.78, 5) is 32.8. The average molecular weight is 273 g/mol. The van der Waals surface area contributed by atoms with E-state index in [4.69, 9.17) is 0 Å². The molecule has 2 aromatic rings. The van der Waals surface area contributed by atoms with Crippen LogP contribution in [0.25, 0.3) is 10.9 Å². The second kappa shape index (κ2) is 6.32. The molecule has 1 N–H and O–H groups in total. The third kappa shape index (κ3) is 3.04. The summed E-state index contributed by atoms with van der Waals surface area (Å²) >= 11 is 0. The number of nitrogens with zero attached hydrogens (tertiary/aromatic N) is 2. The SMILES string of the molecule is CCCC(=O)N(CC)Cc1nc2ccccc2c(=O)[nH]1. The Hall–Kier alpha value is -2.17. The monoisotopic (exact) mass is 273 g/mol. The molecule has 0 fully saturated rings. The highest BCUT2D eigenvalue weighted by molar-refractivity contribution is 5.77. The van der Waals surface area contributed by atoms with Crippen LogP contribution in [0.2, 0.25) is 0 Å². The lowest BCUT2D eigenvalue weighted by molar-refractivity contribution is -0.131. The molecule has 106 valence electrons. The number of benzene rings is 1. The van der Waals surface area contributed by atoms with Crippen LogP contribution in [0.1, 0.15) is 32.5 Å². The molecule has 5 heteroatoms. The van der Waals surface area contributed by atoms with Crippen molar-refractivity contribution >= 4 is 16.8 Å². The maximum atomic E-state index is 12.0. The summed E-state index contributed by atoms with van der Waals surface area (Å²) in [5, 5.41) is 0.569. The Morgan fingerprint density at radius 3 is 2.75 bits per heavy atom. The van der Waals surface area contributed by atoms with E-state index in [2.05, 4.69) is 9.97 Å². The van der Waals surface area contributed by atoms with Crippen LogP contribution >= 0.6 is 0 Å². The molecule has 1 aromatic heterocycles. The van der Waals surface area contributed by atoms with Crippen LogP contribution in [0, 0.1) is 0 Å². The maximum absolute atomic E-state index is 12.0. The Morgan fingerprint density at radius 1 is 1.30 bits per heavy atom. The lowest BCUT2D eigenvalue weighted by Gasteiger charge is -2.20. The molecule has 20 heavy (non-hydrogen) atoms. The van der Waals surface area contributed by atoms with Gasteiger partial charge in [-0.25, -0.2) is 4.98 Å². The van der Waals surface area contributed by atoms with E-state index in [9.17, 15) is 9.59 Å². The van der Waals surface area contributed by atoms with Crippen LogP contribution < -0.4 is 5.56 Å². The van der Waals surface area contributed by atoms with Gasteiger partial charge in [-0.1, -0.05) is 19.1 Å². The first-order valence-electron chi connectivity index (χ1n) is 6.91. The molecule has 0 bridgehead atoms. The Balaban J connectivity index is 2.29. The van der Waals surface area contributed by atoms with Gasteiger partial charge < -0.3 is 9.88 Å². The van der Waals surface area contributed by atoms with Gasteiger partial charge in [0.1, 0.15) is 5.82 Å². The van der Waals surface area contributed by atoms with Gasteiger partial charge in [-0.05, 0) is 25.5 Å². The van der Waals surface area contributed by atoms with Gasteiger partial charge >= 0.3 is 0 Å². The minimum atomic E-state index is -0.162. The van der Waals surface area contributed by atoms with E-state index >= 15 is 0 Å². The van der Waals surface area contributed by atoms with Crippen LogP contribution in [0.3, 0.4) is 0 Å². The van der Waals surface area contributed by atoms with Gasteiger partial charge in [0.15, 0.2) is 0 Å². The normalized spacial score (nSPS) is 10.7. The molecule has 0 aliphatic heterocycles. The van der Waals surface area contributed by atoms with E-state index in [1.54, 1.807) is 17.0 Å². The van der Waals surface area contributed by atoms with Crippen LogP contribution in [0.4, 0.5) is 0 Å². The first-order chi connectivity index (χ1) is 9.65. The van der Waals surface area contributed by atoms with Crippen molar-refractivity contribution in [2.24, 2.45) is 0 Å². The van der Waals surface area contributed by atoms with E-state index in [1.807, 2.05) is 26.0 Å². The van der Waals surface area contributed by atoms with Gasteiger partial charge in [-0.2, -0.15) is 0 Å². The summed E-state index contributed by atoms with van der Waals surface area (Å²) in [6.45, 7) is 4.85. The second-order valence-corrected chi connectivity index (χ2v) is 4.69. The summed E-state index contributed by atoms with van der Waals surface area (Å²) in [7, 11) is 0. The molecule has 0 radical (unpaired) electrons. The zero-order valence-corrected chi connectivity index (χ0v) is 11.8. The van der Waals surface area contributed by atoms with E-state index in [0.717, 1.165) is 6.42 Å². The molecule has 0 aliphatic carbocycles. The third-order valence-electron chi connectivity index (χ3n) is 3.20. The number of rotatable bonds is 5. The van der Waals surface area contributed by atoms with Crippen LogP contribution in [-0.2, 0) is 11.3 Å². The van der Waals surface area contributed by atoms with Crippen molar-refractivity contribution in [1.29, 1.82) is 0 Å². The first kappa shape index (κ1) is 14.2. The molecule has 1 aromatic carbocycles. The zero-order valence-electron chi connectivity index (χ0n) is 11.8. The highest BCUT2D eigenvalue weighted by Gasteiger charge is 2.13. The molecule has 1 amide bonds. The van der Waals surface area contributed by atoms with Crippen LogP contribution in [0.15, 0.2) is 29.1 Å². The lowest BCUT2D eigenvalue weighted by Crippen LogP contribution is -2.31. The molecule has 0 spiro atoms. The van der Waals surface area contributed by atoms with Crippen molar-refractivity contribution < 1.29 is 4.79 Å². The number of aromatic amines is 1. The number of para-hydroxylation sites is 1. The highest BCUT2D eigenvalue weighted by atomic mass is 16.2. The summed E-state index contributed by atoms with van der Waals surface area (Å²) in [6, 6.07) is 7.20. The molecule has 0 saturated heterocycles. The largest absolute Gasteiger partial charge is 0.336 e. The number of carbonyl (C=O) groups excluding carboxylic acids is 1. The summed E-state index contributed by atoms with van der Waals surface area (Å²) in [5.41, 5.74) is 0.495. The van der Waals surface area contributed by atoms with Crippen LogP contribution in [-0.4, -0.2) is 27.3 Å². The van der Waals surface area contributed by atoms with Gasteiger partial charge in [0.05, 0.1) is 17.4 Å². The van der Waals surface area contributed by atoms with E-state index < -0.39 is 0 Å². The number of aromatic nitrogens is 2. The predicted molar refractivity (Wildman–Crippen MR) is 78.4 cm³/mol. The maximum Gasteiger partial charge on any atom is 0.258 e. The number of fused-ring (bicyclic) bond motifs is 1. The molecule has 0 saturated carbocycles. The van der Waals surface area contributed by atoms with Gasteiger partial charge in [0.25, 0.3) is 5.56 Å². The van der Waals surface area contributed by atoms with E-state index in [1.165, 1.54) is 0 Å². The quantitative estimate of drug-likeness (QED) is 0.907. The Kier molecular flexibility index (Phi) is 4.50. The van der Waals surface area contributed by atoms with E-state index in [0.29, 0.717) is 36.2 Å². The lowest BCUT2D eigenvalue weighted by atomic mass is 10.2. The van der Waals surface area contributed by atoms with Crippen molar-refractivity contribution in [2.45, 2.75) is 33.2 Å². The van der Waals surface area contributed by atoms with Crippen molar-refractivity contribution in [2.75, 3.05) is 6.54 Å². The number of H-pyrrole nitrogens is 1. The fraction of sp³-hybridized carbons (Fsp3) is 0.400. The van der Waals surface area contributed by atoms with Gasteiger partial charge in [-0.3, -0.25) is 9.59 Å². The molecule has 0 unspecified atom stereocenters. The fourth-order valence-electron chi connectivity index (χ4n) is 2.14. The summed E-state index contributed by atoms with van der Waals surface area (Å²) < 4.78 is 0. The molecule has 0 aliphatic rings. The topological polar surface area (TPSA) is 66.1 Å². The Labute approximate surface area is 117 Å². The molecular weight excluding hydrogens is 254 g/mol. The standard InChI is InChI=1S/C15H19N3O2/c1-3-7-14(19)18(4-2)10-13-16-12-9-6-5-8-11(12)15(20)17-13/h5-6,8-9H,3-4,7,10H2,1-2H3,(H,16,17,20).